The van der Waals surface area contributed by atoms with Gasteiger partial charge in [0, 0.05) is 31.9 Å². The van der Waals surface area contributed by atoms with Crippen LogP contribution in [0.25, 0.3) is 11.0 Å². The summed E-state index contributed by atoms with van der Waals surface area (Å²) in [6.45, 7) is 0.760. The minimum absolute atomic E-state index is 0.120. The number of amides is 1. The first-order valence-electron chi connectivity index (χ1n) is 7.46. The Hall–Kier alpha value is -2.48. The quantitative estimate of drug-likeness (QED) is 0.890. The fourth-order valence-electron chi connectivity index (χ4n) is 2.85. The molecular formula is C15H18N4O4. The molecule has 122 valence electrons. The van der Waals surface area contributed by atoms with Crippen molar-refractivity contribution in [3.8, 4) is 0 Å². The molecule has 8 nitrogen and oxygen atoms in total. The number of rotatable bonds is 4. The molecule has 1 aromatic heterocycles. The Labute approximate surface area is 132 Å². The van der Waals surface area contributed by atoms with Gasteiger partial charge in [0.2, 0.25) is 0 Å². The maximum Gasteiger partial charge on any atom is 0.323 e. The molecule has 1 fully saturated rings. The second-order valence-electron chi connectivity index (χ2n) is 5.59. The lowest BCUT2D eigenvalue weighted by atomic mass is 10.0. The second kappa shape index (κ2) is 6.33. The average Bonchev–Trinajstić information content (AvgIpc) is 2.93. The molecule has 1 N–H and O–H groups in total. The van der Waals surface area contributed by atoms with Crippen LogP contribution in [0.4, 0.5) is 0 Å². The smallest absolute Gasteiger partial charge is 0.323 e. The van der Waals surface area contributed by atoms with E-state index in [1.807, 2.05) is 0 Å². The van der Waals surface area contributed by atoms with Gasteiger partial charge in [-0.2, -0.15) is 0 Å². The first kappa shape index (κ1) is 15.4. The van der Waals surface area contributed by atoms with Crippen molar-refractivity contribution >= 4 is 22.9 Å². The molecule has 1 aliphatic rings. The molecule has 8 heteroatoms. The van der Waals surface area contributed by atoms with Gasteiger partial charge >= 0.3 is 5.97 Å². The van der Waals surface area contributed by atoms with Crippen molar-refractivity contribution < 1.29 is 19.4 Å². The fourth-order valence-corrected chi connectivity index (χ4v) is 2.85. The van der Waals surface area contributed by atoms with Crippen LogP contribution in [0.15, 0.2) is 18.2 Å². The number of ether oxygens (including phenoxy) is 1. The van der Waals surface area contributed by atoms with Gasteiger partial charge in [-0.3, -0.25) is 9.59 Å². The molecule has 0 radical (unpaired) electrons. The van der Waals surface area contributed by atoms with Crippen molar-refractivity contribution in [1.82, 2.24) is 19.9 Å². The number of aliphatic carboxylic acids is 1. The van der Waals surface area contributed by atoms with Crippen LogP contribution in [-0.2, 0) is 16.6 Å². The minimum atomic E-state index is -1.02. The number of aryl methyl sites for hydroxylation is 1. The summed E-state index contributed by atoms with van der Waals surface area (Å²) in [6, 6.07) is 4.98. The number of aromatic nitrogens is 3. The lowest BCUT2D eigenvalue weighted by molar-refractivity contribution is -0.138. The number of benzene rings is 1. The summed E-state index contributed by atoms with van der Waals surface area (Å²) >= 11 is 0. The minimum Gasteiger partial charge on any atom is -0.480 e. The summed E-state index contributed by atoms with van der Waals surface area (Å²) in [4.78, 5) is 25.4. The molecule has 1 aromatic carbocycles. The monoisotopic (exact) mass is 318 g/mol. The van der Waals surface area contributed by atoms with Crippen LogP contribution in [0.5, 0.6) is 0 Å². The number of nitrogens with zero attached hydrogens (tertiary/aromatic N) is 4. The van der Waals surface area contributed by atoms with E-state index in [4.69, 9.17) is 9.84 Å². The summed E-state index contributed by atoms with van der Waals surface area (Å²) in [5.41, 5.74) is 1.85. The van der Waals surface area contributed by atoms with Gasteiger partial charge < -0.3 is 14.7 Å². The third-order valence-electron chi connectivity index (χ3n) is 4.06. The molecule has 2 heterocycles. The first-order valence-corrected chi connectivity index (χ1v) is 7.46. The second-order valence-corrected chi connectivity index (χ2v) is 5.59. The van der Waals surface area contributed by atoms with E-state index in [-0.39, 0.29) is 18.5 Å². The standard InChI is InChI=1S/C15H18N4O4/c1-18-13-3-2-10(8-12(13)16-17-18)15(22)19(9-14(20)21)11-4-6-23-7-5-11/h2-3,8,11H,4-7,9H2,1H3,(H,20,21). The van der Waals surface area contributed by atoms with Crippen LogP contribution in [0.1, 0.15) is 23.2 Å². The summed E-state index contributed by atoms with van der Waals surface area (Å²) in [7, 11) is 1.77. The van der Waals surface area contributed by atoms with Crippen molar-refractivity contribution in [3.63, 3.8) is 0 Å². The fraction of sp³-hybridized carbons (Fsp3) is 0.467. The largest absolute Gasteiger partial charge is 0.480 e. The highest BCUT2D eigenvalue weighted by molar-refractivity contribution is 5.98. The Morgan fingerprint density at radius 3 is 2.83 bits per heavy atom. The molecule has 1 aliphatic heterocycles. The molecule has 0 spiro atoms. The molecule has 2 aromatic rings. The van der Waals surface area contributed by atoms with Crippen molar-refractivity contribution in [3.05, 3.63) is 23.8 Å². The van der Waals surface area contributed by atoms with Gasteiger partial charge in [0.1, 0.15) is 12.1 Å². The van der Waals surface area contributed by atoms with Gasteiger partial charge in [-0.15, -0.1) is 5.10 Å². The maximum atomic E-state index is 12.8. The zero-order valence-electron chi connectivity index (χ0n) is 12.8. The van der Waals surface area contributed by atoms with E-state index in [2.05, 4.69) is 10.3 Å². The summed E-state index contributed by atoms with van der Waals surface area (Å²) in [6.07, 6.45) is 1.29. The van der Waals surface area contributed by atoms with Crippen molar-refractivity contribution in [2.45, 2.75) is 18.9 Å². The first-order chi connectivity index (χ1) is 11.1. The molecule has 23 heavy (non-hydrogen) atoms. The highest BCUT2D eigenvalue weighted by Crippen LogP contribution is 2.19. The number of hydrogen-bond acceptors (Lipinski definition) is 5. The van der Waals surface area contributed by atoms with Gasteiger partial charge in [0.25, 0.3) is 5.91 Å². The number of carboxylic acid groups (broad SMARTS) is 1. The van der Waals surface area contributed by atoms with Crippen LogP contribution in [-0.4, -0.2) is 62.7 Å². The Morgan fingerprint density at radius 2 is 2.13 bits per heavy atom. The zero-order valence-corrected chi connectivity index (χ0v) is 12.8. The highest BCUT2D eigenvalue weighted by atomic mass is 16.5. The number of carboxylic acids is 1. The van der Waals surface area contributed by atoms with E-state index in [1.54, 1.807) is 29.9 Å². The predicted molar refractivity (Wildman–Crippen MR) is 81.0 cm³/mol. The van der Waals surface area contributed by atoms with Gasteiger partial charge in [0.15, 0.2) is 0 Å². The average molecular weight is 318 g/mol. The Morgan fingerprint density at radius 1 is 1.39 bits per heavy atom. The summed E-state index contributed by atoms with van der Waals surface area (Å²) in [5.74, 6) is -1.32. The van der Waals surface area contributed by atoms with E-state index < -0.39 is 5.97 Å². The molecule has 0 aliphatic carbocycles. The molecule has 1 saturated heterocycles. The summed E-state index contributed by atoms with van der Waals surface area (Å²) < 4.78 is 6.92. The number of carbonyl (C=O) groups is 2. The lowest BCUT2D eigenvalue weighted by Gasteiger charge is -2.33. The number of carbonyl (C=O) groups excluding carboxylic acids is 1. The molecule has 1 amide bonds. The molecule has 3 rings (SSSR count). The third-order valence-corrected chi connectivity index (χ3v) is 4.06. The molecule has 0 atom stereocenters. The predicted octanol–water partition coefficient (Wildman–Crippen LogP) is 0.674. The lowest BCUT2D eigenvalue weighted by Crippen LogP contribution is -2.46. The van der Waals surface area contributed by atoms with Crippen LogP contribution < -0.4 is 0 Å². The van der Waals surface area contributed by atoms with Crippen molar-refractivity contribution in [1.29, 1.82) is 0 Å². The van der Waals surface area contributed by atoms with Crippen LogP contribution in [0.2, 0.25) is 0 Å². The third kappa shape index (κ3) is 3.16. The van der Waals surface area contributed by atoms with Crippen molar-refractivity contribution in [2.24, 2.45) is 7.05 Å². The van der Waals surface area contributed by atoms with Crippen molar-refractivity contribution in [2.75, 3.05) is 19.8 Å². The van der Waals surface area contributed by atoms with E-state index in [0.29, 0.717) is 37.1 Å². The van der Waals surface area contributed by atoms with E-state index in [1.165, 1.54) is 4.90 Å². The topological polar surface area (TPSA) is 97.6 Å². The van der Waals surface area contributed by atoms with E-state index in [0.717, 1.165) is 5.52 Å². The Balaban J connectivity index is 1.89. The molecule has 0 unspecified atom stereocenters. The van der Waals surface area contributed by atoms with Gasteiger partial charge in [0.05, 0.1) is 5.52 Å². The number of hydrogen-bond donors (Lipinski definition) is 1. The highest BCUT2D eigenvalue weighted by Gasteiger charge is 2.28. The summed E-state index contributed by atoms with van der Waals surface area (Å²) in [5, 5.41) is 17.0. The van der Waals surface area contributed by atoms with Crippen LogP contribution >= 0.6 is 0 Å². The molecule has 0 bridgehead atoms. The SMILES string of the molecule is Cn1nnc2cc(C(=O)N(CC(=O)O)C3CCOCC3)ccc21. The van der Waals surface area contributed by atoms with Gasteiger partial charge in [-0.25, -0.2) is 4.68 Å². The van der Waals surface area contributed by atoms with E-state index in [9.17, 15) is 9.59 Å². The van der Waals surface area contributed by atoms with E-state index >= 15 is 0 Å². The van der Waals surface area contributed by atoms with Crippen LogP contribution in [0.3, 0.4) is 0 Å². The van der Waals surface area contributed by atoms with Gasteiger partial charge in [-0.1, -0.05) is 5.21 Å². The molecular weight excluding hydrogens is 300 g/mol. The van der Waals surface area contributed by atoms with Crippen LogP contribution in [0, 0.1) is 0 Å². The van der Waals surface area contributed by atoms with Gasteiger partial charge in [-0.05, 0) is 31.0 Å². The Bertz CT molecular complexity index is 736. The molecule has 0 saturated carbocycles. The Kier molecular flexibility index (Phi) is 4.24. The normalized spacial score (nSPS) is 15.7. The maximum absolute atomic E-state index is 12.8. The number of fused-ring (bicyclic) bond motifs is 1. The zero-order chi connectivity index (χ0) is 16.4.